The lowest BCUT2D eigenvalue weighted by Crippen LogP contribution is -2.29. The molecule has 1 N–H and O–H groups in total. The van der Waals surface area contributed by atoms with Crippen molar-refractivity contribution >= 4 is 17.5 Å². The maximum atomic E-state index is 13.1. The van der Waals surface area contributed by atoms with Gasteiger partial charge in [-0.25, -0.2) is 4.39 Å². The number of benzene rings is 2. The van der Waals surface area contributed by atoms with Crippen LogP contribution in [-0.4, -0.2) is 25.7 Å². The van der Waals surface area contributed by atoms with Gasteiger partial charge in [0.25, 0.3) is 5.91 Å². The number of nitrogens with one attached hydrogen (secondary N) is 1. The molecule has 0 radical (unpaired) electrons. The van der Waals surface area contributed by atoms with Gasteiger partial charge in [0.1, 0.15) is 24.8 Å². The molecular formula is C17H15ClFNO4. The van der Waals surface area contributed by atoms with Gasteiger partial charge in [0.05, 0.1) is 5.02 Å². The fraction of sp³-hybridized carbons (Fsp3) is 0.235. The average Bonchev–Trinajstić information content (AvgIpc) is 2.61. The van der Waals surface area contributed by atoms with Crippen LogP contribution in [0, 0.1) is 5.82 Å². The highest BCUT2D eigenvalue weighted by molar-refractivity contribution is 6.30. The normalized spacial score (nSPS) is 12.6. The van der Waals surface area contributed by atoms with Gasteiger partial charge in [-0.3, -0.25) is 4.79 Å². The van der Waals surface area contributed by atoms with Gasteiger partial charge in [-0.15, -0.1) is 0 Å². The minimum atomic E-state index is -0.537. The number of hydrogen-bond acceptors (Lipinski definition) is 4. The molecule has 0 spiro atoms. The molecule has 3 rings (SSSR count). The Hall–Kier alpha value is -2.47. The third-order valence-electron chi connectivity index (χ3n) is 3.38. The van der Waals surface area contributed by atoms with Crippen molar-refractivity contribution in [2.24, 2.45) is 0 Å². The fourth-order valence-corrected chi connectivity index (χ4v) is 2.40. The molecule has 0 saturated carbocycles. The Morgan fingerprint density at radius 1 is 1.25 bits per heavy atom. The Labute approximate surface area is 143 Å². The number of carbonyl (C=O) groups excluding carboxylic acids is 1. The second-order valence-corrected chi connectivity index (χ2v) is 5.49. The summed E-state index contributed by atoms with van der Waals surface area (Å²) in [5.41, 5.74) is 0.824. The molecular weight excluding hydrogens is 337 g/mol. The molecule has 2 aromatic carbocycles. The van der Waals surface area contributed by atoms with Gasteiger partial charge < -0.3 is 19.5 Å². The summed E-state index contributed by atoms with van der Waals surface area (Å²) in [6.45, 7) is 1.08. The molecule has 7 heteroatoms. The van der Waals surface area contributed by atoms with Crippen molar-refractivity contribution in [3.63, 3.8) is 0 Å². The minimum absolute atomic E-state index is 0.0547. The summed E-state index contributed by atoms with van der Waals surface area (Å²) in [6, 6.07) is 9.43. The maximum Gasteiger partial charge on any atom is 0.258 e. The number of fused-ring (bicyclic) bond motifs is 1. The first-order valence-corrected chi connectivity index (χ1v) is 7.73. The number of ether oxygens (including phenoxy) is 3. The zero-order valence-electron chi connectivity index (χ0n) is 12.7. The number of halogens is 2. The molecule has 0 saturated heterocycles. The van der Waals surface area contributed by atoms with Crippen molar-refractivity contribution in [1.82, 2.24) is 5.32 Å². The van der Waals surface area contributed by atoms with Gasteiger partial charge >= 0.3 is 0 Å². The Balaban J connectivity index is 1.53. The molecule has 1 heterocycles. The standard InChI is InChI=1S/C17H15ClFNO4/c18-13-8-12(4-5-14(13)19)24-10-16(21)20-9-11-2-1-3-15-17(11)23-7-6-22-15/h1-5,8H,6-7,9-10H2,(H,20,21). The van der Waals surface area contributed by atoms with Crippen LogP contribution in [0.3, 0.4) is 0 Å². The number of hydrogen-bond donors (Lipinski definition) is 1. The number of amides is 1. The van der Waals surface area contributed by atoms with Gasteiger partial charge in [-0.1, -0.05) is 23.7 Å². The van der Waals surface area contributed by atoms with Crippen molar-refractivity contribution in [3.05, 3.63) is 52.8 Å². The molecule has 0 unspecified atom stereocenters. The molecule has 1 aliphatic rings. The van der Waals surface area contributed by atoms with Crippen LogP contribution in [0.5, 0.6) is 17.2 Å². The highest BCUT2D eigenvalue weighted by Gasteiger charge is 2.16. The van der Waals surface area contributed by atoms with Crippen molar-refractivity contribution in [2.45, 2.75) is 6.54 Å². The Morgan fingerprint density at radius 3 is 2.92 bits per heavy atom. The molecule has 0 atom stereocenters. The van der Waals surface area contributed by atoms with E-state index in [1.807, 2.05) is 18.2 Å². The van der Waals surface area contributed by atoms with Gasteiger partial charge in [0, 0.05) is 18.2 Å². The summed E-state index contributed by atoms with van der Waals surface area (Å²) in [4.78, 5) is 11.9. The van der Waals surface area contributed by atoms with Crippen molar-refractivity contribution in [2.75, 3.05) is 19.8 Å². The summed E-state index contributed by atoms with van der Waals surface area (Å²) in [5, 5.41) is 2.68. The summed E-state index contributed by atoms with van der Waals surface area (Å²) in [7, 11) is 0. The van der Waals surface area contributed by atoms with Crippen LogP contribution < -0.4 is 19.5 Å². The van der Waals surface area contributed by atoms with Gasteiger partial charge in [-0.2, -0.15) is 0 Å². The molecule has 1 aliphatic heterocycles. The van der Waals surface area contributed by atoms with E-state index in [-0.39, 0.29) is 17.5 Å². The zero-order chi connectivity index (χ0) is 16.9. The topological polar surface area (TPSA) is 56.8 Å². The molecule has 126 valence electrons. The third-order valence-corrected chi connectivity index (χ3v) is 3.67. The van der Waals surface area contributed by atoms with Crippen molar-refractivity contribution < 1.29 is 23.4 Å². The Kier molecular flexibility index (Phi) is 5.05. The number of rotatable bonds is 5. The van der Waals surface area contributed by atoms with E-state index in [0.29, 0.717) is 37.0 Å². The van der Waals surface area contributed by atoms with E-state index in [2.05, 4.69) is 5.32 Å². The molecule has 2 aromatic rings. The number of carbonyl (C=O) groups is 1. The minimum Gasteiger partial charge on any atom is -0.486 e. The van der Waals surface area contributed by atoms with Crippen LogP contribution in [0.4, 0.5) is 4.39 Å². The Bertz CT molecular complexity index is 753. The lowest BCUT2D eigenvalue weighted by molar-refractivity contribution is -0.123. The van der Waals surface area contributed by atoms with Crippen LogP contribution in [0.15, 0.2) is 36.4 Å². The molecule has 0 bridgehead atoms. The second kappa shape index (κ2) is 7.40. The SMILES string of the molecule is O=C(COc1ccc(F)c(Cl)c1)NCc1cccc2c1OCCO2. The van der Waals surface area contributed by atoms with Crippen LogP contribution in [-0.2, 0) is 11.3 Å². The van der Waals surface area contributed by atoms with Crippen molar-refractivity contribution in [1.29, 1.82) is 0 Å². The first-order valence-electron chi connectivity index (χ1n) is 7.35. The molecule has 0 fully saturated rings. The van der Waals surface area contributed by atoms with E-state index < -0.39 is 5.82 Å². The quantitative estimate of drug-likeness (QED) is 0.900. The van der Waals surface area contributed by atoms with E-state index in [9.17, 15) is 9.18 Å². The summed E-state index contributed by atoms with van der Waals surface area (Å²) in [6.07, 6.45) is 0. The van der Waals surface area contributed by atoms with Crippen LogP contribution >= 0.6 is 11.6 Å². The lowest BCUT2D eigenvalue weighted by Gasteiger charge is -2.21. The predicted molar refractivity (Wildman–Crippen MR) is 86.2 cm³/mol. The van der Waals surface area contributed by atoms with E-state index in [1.165, 1.54) is 18.2 Å². The van der Waals surface area contributed by atoms with Crippen LogP contribution in [0.2, 0.25) is 5.02 Å². The summed E-state index contributed by atoms with van der Waals surface area (Å²) in [5.74, 6) is 0.792. The molecule has 24 heavy (non-hydrogen) atoms. The lowest BCUT2D eigenvalue weighted by atomic mass is 10.1. The van der Waals surface area contributed by atoms with E-state index in [0.717, 1.165) is 5.56 Å². The maximum absolute atomic E-state index is 13.1. The van der Waals surface area contributed by atoms with E-state index >= 15 is 0 Å². The average molecular weight is 352 g/mol. The fourth-order valence-electron chi connectivity index (χ4n) is 2.23. The van der Waals surface area contributed by atoms with Crippen LogP contribution in [0.25, 0.3) is 0 Å². The largest absolute Gasteiger partial charge is 0.486 e. The summed E-state index contributed by atoms with van der Waals surface area (Å²) >= 11 is 5.66. The van der Waals surface area contributed by atoms with Crippen molar-refractivity contribution in [3.8, 4) is 17.2 Å². The predicted octanol–water partition coefficient (Wildman–Crippen LogP) is 2.95. The van der Waals surface area contributed by atoms with Gasteiger partial charge in [0.2, 0.25) is 0 Å². The zero-order valence-corrected chi connectivity index (χ0v) is 13.4. The highest BCUT2D eigenvalue weighted by Crippen LogP contribution is 2.33. The smallest absolute Gasteiger partial charge is 0.258 e. The third kappa shape index (κ3) is 3.89. The molecule has 0 aliphatic carbocycles. The van der Waals surface area contributed by atoms with E-state index in [1.54, 1.807) is 0 Å². The molecule has 1 amide bonds. The first-order chi connectivity index (χ1) is 11.6. The second-order valence-electron chi connectivity index (χ2n) is 5.08. The van der Waals surface area contributed by atoms with Gasteiger partial charge in [0.15, 0.2) is 18.1 Å². The van der Waals surface area contributed by atoms with Crippen LogP contribution in [0.1, 0.15) is 5.56 Å². The number of para-hydroxylation sites is 1. The van der Waals surface area contributed by atoms with E-state index in [4.69, 9.17) is 25.8 Å². The Morgan fingerprint density at radius 2 is 2.08 bits per heavy atom. The molecule has 0 aromatic heterocycles. The van der Waals surface area contributed by atoms with Gasteiger partial charge in [-0.05, 0) is 18.2 Å². The molecule has 5 nitrogen and oxygen atoms in total. The highest BCUT2D eigenvalue weighted by atomic mass is 35.5. The summed E-state index contributed by atoms with van der Waals surface area (Å²) < 4.78 is 29.4. The first kappa shape index (κ1) is 16.4. The monoisotopic (exact) mass is 351 g/mol.